The van der Waals surface area contributed by atoms with Gasteiger partial charge in [0.1, 0.15) is 11.3 Å². The van der Waals surface area contributed by atoms with Gasteiger partial charge in [-0.25, -0.2) is 13.4 Å². The van der Waals surface area contributed by atoms with E-state index in [9.17, 15) is 13.2 Å². The number of aromatic nitrogens is 1. The van der Waals surface area contributed by atoms with Gasteiger partial charge in [0.2, 0.25) is 5.88 Å². The van der Waals surface area contributed by atoms with E-state index >= 15 is 0 Å². The summed E-state index contributed by atoms with van der Waals surface area (Å²) in [6.07, 6.45) is 4.38. The van der Waals surface area contributed by atoms with E-state index in [-0.39, 0.29) is 22.7 Å². The van der Waals surface area contributed by atoms with Gasteiger partial charge in [0.15, 0.2) is 0 Å². The van der Waals surface area contributed by atoms with Crippen molar-refractivity contribution in [3.05, 3.63) is 78.0 Å². The molecule has 2 aromatic carbocycles. The zero-order chi connectivity index (χ0) is 23.4. The third-order valence-corrected chi connectivity index (χ3v) is 6.50. The van der Waals surface area contributed by atoms with Gasteiger partial charge < -0.3 is 10.1 Å². The maximum atomic E-state index is 12.8. The van der Waals surface area contributed by atoms with Crippen LogP contribution in [-0.4, -0.2) is 25.4 Å². The molecule has 4 rings (SSSR count). The van der Waals surface area contributed by atoms with Crippen molar-refractivity contribution in [3.8, 4) is 11.6 Å². The first-order valence-corrected chi connectivity index (χ1v) is 12.4. The Labute approximate surface area is 194 Å². The number of sulfonamides is 1. The Morgan fingerprint density at radius 2 is 1.85 bits per heavy atom. The van der Waals surface area contributed by atoms with Crippen molar-refractivity contribution in [2.45, 2.75) is 44.0 Å². The number of carbonyl (C=O) groups is 1. The van der Waals surface area contributed by atoms with Crippen LogP contribution < -0.4 is 14.8 Å². The molecule has 172 valence electrons. The number of hydrogen-bond acceptors (Lipinski definition) is 5. The SMILES string of the molecule is CC(C)Cc1ccc(S(=O)(=O)Nc2cccc(Oc3ncccc3C(=O)NC3CC3)c2)cc1. The molecule has 7 nitrogen and oxygen atoms in total. The number of rotatable bonds is 9. The normalized spacial score (nSPS) is 13.5. The Bertz CT molecular complexity index is 1240. The minimum absolute atomic E-state index is 0.163. The number of nitrogens with zero attached hydrogens (tertiary/aromatic N) is 1. The standard InChI is InChI=1S/C25H27N3O4S/c1-17(2)15-18-8-12-22(13-9-18)33(30,31)28-20-5-3-6-21(16-20)32-25-23(7-4-14-26-25)24(29)27-19-10-11-19/h3-9,12-14,16-17,19,28H,10-11,15H2,1-2H3,(H,27,29). The fraction of sp³-hybridized carbons (Fsp3) is 0.280. The summed E-state index contributed by atoms with van der Waals surface area (Å²) in [5.74, 6) is 0.782. The molecule has 1 amide bonds. The third-order valence-electron chi connectivity index (χ3n) is 5.11. The third kappa shape index (κ3) is 6.10. The number of amides is 1. The number of nitrogens with one attached hydrogen (secondary N) is 2. The number of benzene rings is 2. The molecule has 3 aromatic rings. The molecule has 0 atom stereocenters. The molecule has 0 unspecified atom stereocenters. The molecule has 0 bridgehead atoms. The fourth-order valence-corrected chi connectivity index (χ4v) is 4.41. The van der Waals surface area contributed by atoms with Crippen molar-refractivity contribution >= 4 is 21.6 Å². The van der Waals surface area contributed by atoms with Gasteiger partial charge in [-0.1, -0.05) is 32.0 Å². The van der Waals surface area contributed by atoms with Crippen molar-refractivity contribution < 1.29 is 17.9 Å². The molecule has 0 saturated heterocycles. The van der Waals surface area contributed by atoms with Crippen molar-refractivity contribution in [2.75, 3.05) is 4.72 Å². The highest BCUT2D eigenvalue weighted by atomic mass is 32.2. The molecule has 1 heterocycles. The van der Waals surface area contributed by atoms with Gasteiger partial charge in [-0.2, -0.15) is 0 Å². The summed E-state index contributed by atoms with van der Waals surface area (Å²) in [5, 5.41) is 2.92. The van der Waals surface area contributed by atoms with Crippen LogP contribution in [0.1, 0.15) is 42.6 Å². The van der Waals surface area contributed by atoms with E-state index in [0.29, 0.717) is 22.9 Å². The van der Waals surface area contributed by atoms with E-state index in [1.807, 2.05) is 12.1 Å². The number of pyridine rings is 1. The predicted octanol–water partition coefficient (Wildman–Crippen LogP) is 4.77. The van der Waals surface area contributed by atoms with Gasteiger partial charge in [0, 0.05) is 18.3 Å². The second kappa shape index (κ2) is 9.62. The molecule has 33 heavy (non-hydrogen) atoms. The molecular formula is C25H27N3O4S. The molecule has 1 aliphatic carbocycles. The molecule has 0 spiro atoms. The van der Waals surface area contributed by atoms with E-state index in [4.69, 9.17) is 4.74 Å². The first kappa shape index (κ1) is 22.8. The number of anilines is 1. The Hall–Kier alpha value is -3.39. The summed E-state index contributed by atoms with van der Waals surface area (Å²) < 4.78 is 34.1. The van der Waals surface area contributed by atoms with Crippen molar-refractivity contribution in [3.63, 3.8) is 0 Å². The second-order valence-electron chi connectivity index (χ2n) is 8.58. The van der Waals surface area contributed by atoms with Crippen molar-refractivity contribution in [2.24, 2.45) is 5.92 Å². The maximum absolute atomic E-state index is 12.8. The molecule has 2 N–H and O–H groups in total. The Morgan fingerprint density at radius 1 is 1.09 bits per heavy atom. The van der Waals surface area contributed by atoms with Crippen molar-refractivity contribution in [1.82, 2.24) is 10.3 Å². The smallest absolute Gasteiger partial charge is 0.261 e. The van der Waals surface area contributed by atoms with Crippen LogP contribution in [0.5, 0.6) is 11.6 Å². The van der Waals surface area contributed by atoms with Gasteiger partial charge in [-0.05, 0) is 67.1 Å². The topological polar surface area (TPSA) is 97.4 Å². The second-order valence-corrected chi connectivity index (χ2v) is 10.3. The molecule has 1 fully saturated rings. The van der Waals surface area contributed by atoms with E-state index in [0.717, 1.165) is 24.8 Å². The minimum Gasteiger partial charge on any atom is -0.438 e. The molecule has 8 heteroatoms. The maximum Gasteiger partial charge on any atom is 0.261 e. The molecule has 0 radical (unpaired) electrons. The van der Waals surface area contributed by atoms with E-state index < -0.39 is 10.0 Å². The quantitative estimate of drug-likeness (QED) is 0.475. The molecular weight excluding hydrogens is 438 g/mol. The summed E-state index contributed by atoms with van der Waals surface area (Å²) in [6.45, 7) is 4.24. The van der Waals surface area contributed by atoms with E-state index in [2.05, 4.69) is 28.9 Å². The Balaban J connectivity index is 1.49. The molecule has 1 saturated carbocycles. The van der Waals surface area contributed by atoms with Gasteiger partial charge in [-0.3, -0.25) is 9.52 Å². The van der Waals surface area contributed by atoms with Gasteiger partial charge in [0.05, 0.1) is 10.6 Å². The van der Waals surface area contributed by atoms with Gasteiger partial charge in [-0.15, -0.1) is 0 Å². The van der Waals surface area contributed by atoms with E-state index in [1.165, 1.54) is 0 Å². The van der Waals surface area contributed by atoms with E-state index in [1.54, 1.807) is 54.7 Å². The zero-order valence-electron chi connectivity index (χ0n) is 18.6. The summed E-state index contributed by atoms with van der Waals surface area (Å²) in [7, 11) is -3.76. The molecule has 1 aromatic heterocycles. The lowest BCUT2D eigenvalue weighted by atomic mass is 10.0. The fourth-order valence-electron chi connectivity index (χ4n) is 3.36. The van der Waals surface area contributed by atoms with Gasteiger partial charge >= 0.3 is 0 Å². The average Bonchev–Trinajstić information content (AvgIpc) is 3.58. The van der Waals surface area contributed by atoms with Crippen LogP contribution in [0.15, 0.2) is 71.8 Å². The Kier molecular flexibility index (Phi) is 6.65. The van der Waals surface area contributed by atoms with Crippen LogP contribution >= 0.6 is 0 Å². The highest BCUT2D eigenvalue weighted by Gasteiger charge is 2.25. The highest BCUT2D eigenvalue weighted by Crippen LogP contribution is 2.27. The summed E-state index contributed by atoms with van der Waals surface area (Å²) >= 11 is 0. The van der Waals surface area contributed by atoms with Crippen molar-refractivity contribution in [1.29, 1.82) is 0 Å². The van der Waals surface area contributed by atoms with Crippen LogP contribution in [0.3, 0.4) is 0 Å². The minimum atomic E-state index is -3.76. The summed E-state index contributed by atoms with van der Waals surface area (Å²) in [4.78, 5) is 16.8. The number of carbonyl (C=O) groups excluding carboxylic acids is 1. The van der Waals surface area contributed by atoms with Crippen LogP contribution in [0.4, 0.5) is 5.69 Å². The zero-order valence-corrected chi connectivity index (χ0v) is 19.4. The van der Waals surface area contributed by atoms with Crippen LogP contribution in [0.25, 0.3) is 0 Å². The summed E-state index contributed by atoms with van der Waals surface area (Å²) in [6, 6.07) is 17.0. The average molecular weight is 466 g/mol. The van der Waals surface area contributed by atoms with Crippen LogP contribution in [0.2, 0.25) is 0 Å². The van der Waals surface area contributed by atoms with Crippen LogP contribution in [-0.2, 0) is 16.4 Å². The molecule has 0 aliphatic heterocycles. The highest BCUT2D eigenvalue weighted by molar-refractivity contribution is 7.92. The number of hydrogen-bond donors (Lipinski definition) is 2. The summed E-state index contributed by atoms with van der Waals surface area (Å²) in [5.41, 5.74) is 1.77. The predicted molar refractivity (Wildman–Crippen MR) is 127 cm³/mol. The first-order chi connectivity index (χ1) is 15.8. The lowest BCUT2D eigenvalue weighted by Crippen LogP contribution is -2.25. The molecule has 1 aliphatic rings. The lowest BCUT2D eigenvalue weighted by Gasteiger charge is -2.12. The largest absolute Gasteiger partial charge is 0.438 e. The first-order valence-electron chi connectivity index (χ1n) is 11.0. The van der Waals surface area contributed by atoms with Gasteiger partial charge in [0.25, 0.3) is 15.9 Å². The lowest BCUT2D eigenvalue weighted by molar-refractivity contribution is 0.0948. The number of ether oxygens (including phenoxy) is 1. The monoisotopic (exact) mass is 465 g/mol. The Morgan fingerprint density at radius 3 is 2.55 bits per heavy atom. The van der Waals surface area contributed by atoms with Crippen LogP contribution in [0, 0.1) is 5.92 Å².